The second kappa shape index (κ2) is 6.76. The van der Waals surface area contributed by atoms with Gasteiger partial charge in [0.05, 0.1) is 12.0 Å². The molecule has 0 aromatic carbocycles. The molecule has 4 nitrogen and oxygen atoms in total. The third-order valence-electron chi connectivity index (χ3n) is 3.94. The summed E-state index contributed by atoms with van der Waals surface area (Å²) in [4.78, 5) is 13.1. The highest BCUT2D eigenvalue weighted by molar-refractivity contribution is 5.76. The molecule has 0 radical (unpaired) electrons. The van der Waals surface area contributed by atoms with Gasteiger partial charge in [0.15, 0.2) is 0 Å². The Morgan fingerprint density at radius 3 is 2.65 bits per heavy atom. The van der Waals surface area contributed by atoms with Gasteiger partial charge < -0.3 is 14.7 Å². The molecular formula is C13H22F3NO3. The highest BCUT2D eigenvalue weighted by Crippen LogP contribution is 2.31. The second-order valence-corrected chi connectivity index (χ2v) is 5.45. The van der Waals surface area contributed by atoms with E-state index in [1.807, 2.05) is 0 Å². The number of piperidine rings is 1. The minimum absolute atomic E-state index is 0.179. The number of halogens is 3. The van der Waals surface area contributed by atoms with Crippen molar-refractivity contribution >= 4 is 5.91 Å². The van der Waals surface area contributed by atoms with E-state index in [0.717, 1.165) is 0 Å². The average molecular weight is 297 g/mol. The van der Waals surface area contributed by atoms with Crippen molar-refractivity contribution in [2.75, 3.05) is 26.8 Å². The van der Waals surface area contributed by atoms with Crippen molar-refractivity contribution in [1.29, 1.82) is 0 Å². The molecule has 0 spiro atoms. The molecule has 0 bridgehead atoms. The van der Waals surface area contributed by atoms with Gasteiger partial charge in [0.25, 0.3) is 0 Å². The zero-order valence-electron chi connectivity index (χ0n) is 11.9. The Kier molecular flexibility index (Phi) is 5.82. The van der Waals surface area contributed by atoms with Crippen molar-refractivity contribution in [2.45, 2.75) is 44.4 Å². The maximum absolute atomic E-state index is 12.1. The van der Waals surface area contributed by atoms with Crippen molar-refractivity contribution in [2.24, 2.45) is 5.92 Å². The lowest BCUT2D eigenvalue weighted by Crippen LogP contribution is -2.53. The van der Waals surface area contributed by atoms with Gasteiger partial charge in [-0.15, -0.1) is 0 Å². The Morgan fingerprint density at radius 2 is 2.15 bits per heavy atom. The summed E-state index contributed by atoms with van der Waals surface area (Å²) < 4.78 is 41.2. The van der Waals surface area contributed by atoms with Crippen LogP contribution in [0.4, 0.5) is 13.2 Å². The smallest absolute Gasteiger partial charge is 0.389 e. The predicted octanol–water partition coefficient (Wildman–Crippen LogP) is 1.96. The fourth-order valence-corrected chi connectivity index (χ4v) is 2.45. The molecule has 1 fully saturated rings. The van der Waals surface area contributed by atoms with Crippen LogP contribution in [0.2, 0.25) is 0 Å². The van der Waals surface area contributed by atoms with Gasteiger partial charge in [-0.3, -0.25) is 4.79 Å². The van der Waals surface area contributed by atoms with Crippen molar-refractivity contribution in [3.05, 3.63) is 0 Å². The van der Waals surface area contributed by atoms with Crippen molar-refractivity contribution in [1.82, 2.24) is 4.90 Å². The van der Waals surface area contributed by atoms with Crippen LogP contribution in [0.15, 0.2) is 0 Å². The number of ether oxygens (including phenoxy) is 1. The van der Waals surface area contributed by atoms with Gasteiger partial charge in [0.2, 0.25) is 5.91 Å². The number of likely N-dealkylation sites (tertiary alicyclic amines) is 1. The second-order valence-electron chi connectivity index (χ2n) is 5.45. The van der Waals surface area contributed by atoms with E-state index in [1.165, 1.54) is 4.90 Å². The van der Waals surface area contributed by atoms with Gasteiger partial charge in [0.1, 0.15) is 0 Å². The molecule has 1 N–H and O–H groups in total. The number of hydrogen-bond acceptors (Lipinski definition) is 3. The summed E-state index contributed by atoms with van der Waals surface area (Å²) in [5.74, 6) is -0.677. The lowest BCUT2D eigenvalue weighted by molar-refractivity contribution is -0.154. The Hall–Kier alpha value is -0.820. The molecular weight excluding hydrogens is 275 g/mol. The number of methoxy groups -OCH3 is 1. The lowest BCUT2D eigenvalue weighted by atomic mass is 9.80. The summed E-state index contributed by atoms with van der Waals surface area (Å²) in [6.45, 7) is 2.81. The average Bonchev–Trinajstić information content (AvgIpc) is 2.36. The van der Waals surface area contributed by atoms with Gasteiger partial charge in [-0.1, -0.05) is 6.92 Å². The molecule has 0 unspecified atom stereocenters. The number of carbonyl (C=O) groups excluding carboxylic acids is 1. The zero-order valence-corrected chi connectivity index (χ0v) is 11.9. The predicted molar refractivity (Wildman–Crippen MR) is 67.1 cm³/mol. The monoisotopic (exact) mass is 297 g/mol. The highest BCUT2D eigenvalue weighted by Gasteiger charge is 2.40. The van der Waals surface area contributed by atoms with Crippen LogP contribution >= 0.6 is 0 Å². The minimum Gasteiger partial charge on any atom is -0.389 e. The number of alkyl halides is 3. The van der Waals surface area contributed by atoms with Crippen molar-refractivity contribution < 1.29 is 27.8 Å². The Balaban J connectivity index is 2.48. The quantitative estimate of drug-likeness (QED) is 0.844. The van der Waals surface area contributed by atoms with Gasteiger partial charge in [0, 0.05) is 39.1 Å². The molecule has 1 heterocycles. The van der Waals surface area contributed by atoms with Crippen LogP contribution < -0.4 is 0 Å². The molecule has 1 aliphatic heterocycles. The number of amides is 1. The van der Waals surface area contributed by atoms with E-state index >= 15 is 0 Å². The summed E-state index contributed by atoms with van der Waals surface area (Å²) in [6, 6.07) is 0. The summed E-state index contributed by atoms with van der Waals surface area (Å²) in [5.41, 5.74) is -0.906. The Labute approximate surface area is 116 Å². The highest BCUT2D eigenvalue weighted by atomic mass is 19.4. The molecule has 118 valence electrons. The van der Waals surface area contributed by atoms with E-state index < -0.39 is 30.5 Å². The van der Waals surface area contributed by atoms with Crippen LogP contribution in [0.25, 0.3) is 0 Å². The largest absolute Gasteiger partial charge is 0.389 e. The molecule has 1 amide bonds. The molecule has 1 saturated heterocycles. The first kappa shape index (κ1) is 17.2. The molecule has 20 heavy (non-hydrogen) atoms. The topological polar surface area (TPSA) is 49.8 Å². The fourth-order valence-electron chi connectivity index (χ4n) is 2.45. The first-order valence-corrected chi connectivity index (χ1v) is 6.74. The van der Waals surface area contributed by atoms with Gasteiger partial charge in [-0.25, -0.2) is 0 Å². The first-order valence-electron chi connectivity index (χ1n) is 6.74. The molecule has 0 saturated carbocycles. The summed E-state index contributed by atoms with van der Waals surface area (Å²) >= 11 is 0. The third kappa shape index (κ3) is 4.94. The maximum atomic E-state index is 12.1. The van der Waals surface area contributed by atoms with Crippen molar-refractivity contribution in [3.8, 4) is 0 Å². The van der Waals surface area contributed by atoms with Crippen LogP contribution in [-0.4, -0.2) is 54.5 Å². The molecule has 7 heteroatoms. The molecule has 0 aromatic heterocycles. The molecule has 2 atom stereocenters. The summed E-state index contributed by atoms with van der Waals surface area (Å²) in [6.07, 6.45) is -5.09. The molecule has 0 aliphatic carbocycles. The van der Waals surface area contributed by atoms with E-state index in [9.17, 15) is 23.1 Å². The fraction of sp³-hybridized carbons (Fsp3) is 0.923. The molecule has 1 aliphatic rings. The lowest BCUT2D eigenvalue weighted by Gasteiger charge is -2.43. The summed E-state index contributed by atoms with van der Waals surface area (Å²) in [5, 5.41) is 10.4. The van der Waals surface area contributed by atoms with Crippen LogP contribution in [0.1, 0.15) is 32.6 Å². The molecule has 1 rings (SSSR count). The molecule has 0 aromatic rings. The van der Waals surface area contributed by atoms with Gasteiger partial charge in [-0.05, 0) is 12.8 Å². The standard InChI is InChI=1S/C13H22F3NO3/c1-10-9-17(11(18)3-4-13(14,15)16)7-5-12(10,19)6-8-20-2/h10,19H,3-9H2,1-2H3/t10-,12-/m0/s1. The Bertz CT molecular complexity index is 335. The maximum Gasteiger partial charge on any atom is 0.389 e. The first-order chi connectivity index (χ1) is 9.18. The SMILES string of the molecule is COCC[C@@]1(O)CCN(C(=O)CCC(F)(F)F)C[C@@H]1C. The normalized spacial score (nSPS) is 27.7. The summed E-state index contributed by atoms with van der Waals surface area (Å²) in [7, 11) is 1.55. The van der Waals surface area contributed by atoms with E-state index in [2.05, 4.69) is 0 Å². The number of aliphatic hydroxyl groups is 1. The van der Waals surface area contributed by atoms with E-state index in [-0.39, 0.29) is 12.5 Å². The van der Waals surface area contributed by atoms with Crippen LogP contribution in [0, 0.1) is 5.92 Å². The number of carbonyl (C=O) groups is 1. The van der Waals surface area contributed by atoms with E-state index in [0.29, 0.717) is 26.0 Å². The van der Waals surface area contributed by atoms with Crippen LogP contribution in [0.3, 0.4) is 0 Å². The number of hydrogen-bond donors (Lipinski definition) is 1. The third-order valence-corrected chi connectivity index (χ3v) is 3.94. The van der Waals surface area contributed by atoms with Crippen LogP contribution in [0.5, 0.6) is 0 Å². The minimum atomic E-state index is -4.31. The van der Waals surface area contributed by atoms with Gasteiger partial charge in [-0.2, -0.15) is 13.2 Å². The zero-order chi connectivity index (χ0) is 15.4. The van der Waals surface area contributed by atoms with Crippen LogP contribution in [-0.2, 0) is 9.53 Å². The van der Waals surface area contributed by atoms with Crippen molar-refractivity contribution in [3.63, 3.8) is 0 Å². The number of nitrogens with zero attached hydrogens (tertiary/aromatic N) is 1. The Morgan fingerprint density at radius 1 is 1.50 bits per heavy atom. The van der Waals surface area contributed by atoms with Gasteiger partial charge >= 0.3 is 6.18 Å². The van der Waals surface area contributed by atoms with E-state index in [4.69, 9.17) is 4.74 Å². The van der Waals surface area contributed by atoms with E-state index in [1.54, 1.807) is 14.0 Å². The number of rotatable bonds is 5.